The highest BCUT2D eigenvalue weighted by Crippen LogP contribution is 2.18. The highest BCUT2D eigenvalue weighted by atomic mass is 16.6. The number of ether oxygens (including phenoxy) is 1. The van der Waals surface area contributed by atoms with Crippen LogP contribution >= 0.6 is 0 Å². The van der Waals surface area contributed by atoms with E-state index in [0.29, 0.717) is 13.0 Å². The first-order valence-electron chi connectivity index (χ1n) is 6.45. The fourth-order valence-electron chi connectivity index (χ4n) is 2.17. The van der Waals surface area contributed by atoms with Crippen LogP contribution in [0.3, 0.4) is 0 Å². The zero-order chi connectivity index (χ0) is 13.7. The number of likely N-dealkylation sites (tertiary alicyclic amines) is 1. The molecule has 5 heteroatoms. The van der Waals surface area contributed by atoms with E-state index in [1.54, 1.807) is 0 Å². The Kier molecular flexibility index (Phi) is 4.76. The standard InChI is InChI=1S/C14H19NO4/c16-9-12-6-7-15(8-13(12)17)14(18)19-10-11-4-2-1-3-5-11/h1-5,12-13,16-17H,6-10H2. The molecule has 2 rings (SSSR count). The first-order chi connectivity index (χ1) is 9.20. The third kappa shape index (κ3) is 3.68. The summed E-state index contributed by atoms with van der Waals surface area (Å²) >= 11 is 0. The Morgan fingerprint density at radius 2 is 2.11 bits per heavy atom. The quantitative estimate of drug-likeness (QED) is 0.855. The van der Waals surface area contributed by atoms with Gasteiger partial charge in [0, 0.05) is 19.1 Å². The summed E-state index contributed by atoms with van der Waals surface area (Å²) in [5, 5.41) is 18.8. The van der Waals surface area contributed by atoms with Crippen LogP contribution in [0.25, 0.3) is 0 Å². The van der Waals surface area contributed by atoms with Crippen molar-refractivity contribution in [3.8, 4) is 0 Å². The summed E-state index contributed by atoms with van der Waals surface area (Å²) in [5.74, 6) is -0.141. The molecule has 1 aromatic rings. The van der Waals surface area contributed by atoms with E-state index in [2.05, 4.69) is 0 Å². The molecule has 19 heavy (non-hydrogen) atoms. The number of aliphatic hydroxyl groups is 2. The molecule has 1 aromatic carbocycles. The summed E-state index contributed by atoms with van der Waals surface area (Å²) in [6, 6.07) is 9.46. The molecule has 104 valence electrons. The lowest BCUT2D eigenvalue weighted by Gasteiger charge is -2.34. The van der Waals surface area contributed by atoms with E-state index in [0.717, 1.165) is 5.56 Å². The van der Waals surface area contributed by atoms with Crippen LogP contribution in [0.2, 0.25) is 0 Å². The lowest BCUT2D eigenvalue weighted by molar-refractivity contribution is -0.00505. The van der Waals surface area contributed by atoms with Gasteiger partial charge >= 0.3 is 6.09 Å². The molecule has 1 aliphatic heterocycles. The van der Waals surface area contributed by atoms with E-state index in [1.807, 2.05) is 30.3 Å². The van der Waals surface area contributed by atoms with Gasteiger partial charge in [0.15, 0.2) is 0 Å². The number of aliphatic hydroxyl groups excluding tert-OH is 2. The van der Waals surface area contributed by atoms with Crippen molar-refractivity contribution < 1.29 is 19.7 Å². The molecular weight excluding hydrogens is 246 g/mol. The van der Waals surface area contributed by atoms with Crippen molar-refractivity contribution in [2.45, 2.75) is 19.1 Å². The summed E-state index contributed by atoms with van der Waals surface area (Å²) in [6.07, 6.45) is -0.500. The molecule has 0 aliphatic carbocycles. The van der Waals surface area contributed by atoms with Crippen molar-refractivity contribution in [1.29, 1.82) is 0 Å². The van der Waals surface area contributed by atoms with Gasteiger partial charge in [-0.1, -0.05) is 30.3 Å². The molecule has 1 saturated heterocycles. The minimum Gasteiger partial charge on any atom is -0.445 e. The molecule has 1 aliphatic rings. The van der Waals surface area contributed by atoms with Gasteiger partial charge < -0.3 is 19.8 Å². The van der Waals surface area contributed by atoms with Gasteiger partial charge in [-0.2, -0.15) is 0 Å². The van der Waals surface area contributed by atoms with Crippen molar-refractivity contribution in [3.63, 3.8) is 0 Å². The Morgan fingerprint density at radius 3 is 2.74 bits per heavy atom. The predicted octanol–water partition coefficient (Wildman–Crippen LogP) is 0.998. The number of carbonyl (C=O) groups excluding carboxylic acids is 1. The van der Waals surface area contributed by atoms with E-state index in [-0.39, 0.29) is 25.7 Å². The molecule has 0 bridgehead atoms. The fourth-order valence-corrected chi connectivity index (χ4v) is 2.17. The van der Waals surface area contributed by atoms with Gasteiger partial charge in [-0.15, -0.1) is 0 Å². The highest BCUT2D eigenvalue weighted by molar-refractivity contribution is 5.67. The maximum atomic E-state index is 11.8. The van der Waals surface area contributed by atoms with E-state index >= 15 is 0 Å². The average Bonchev–Trinajstić information content (AvgIpc) is 2.45. The Balaban J connectivity index is 1.81. The van der Waals surface area contributed by atoms with Crippen molar-refractivity contribution in [2.75, 3.05) is 19.7 Å². The molecule has 0 radical (unpaired) electrons. The van der Waals surface area contributed by atoms with Crippen LogP contribution in [0.1, 0.15) is 12.0 Å². The number of amides is 1. The SMILES string of the molecule is O=C(OCc1ccccc1)N1CCC(CO)C(O)C1. The predicted molar refractivity (Wildman–Crippen MR) is 69.4 cm³/mol. The second-order valence-corrected chi connectivity index (χ2v) is 4.78. The summed E-state index contributed by atoms with van der Waals surface area (Å²) in [5.41, 5.74) is 0.932. The first kappa shape index (κ1) is 13.8. The molecule has 0 spiro atoms. The largest absolute Gasteiger partial charge is 0.445 e. The Bertz CT molecular complexity index is 409. The van der Waals surface area contributed by atoms with Crippen molar-refractivity contribution in [1.82, 2.24) is 4.90 Å². The van der Waals surface area contributed by atoms with E-state index in [9.17, 15) is 9.90 Å². The van der Waals surface area contributed by atoms with E-state index in [1.165, 1.54) is 4.90 Å². The van der Waals surface area contributed by atoms with Gasteiger partial charge in [-0.25, -0.2) is 4.79 Å². The summed E-state index contributed by atoms with van der Waals surface area (Å²) < 4.78 is 5.20. The maximum Gasteiger partial charge on any atom is 0.410 e. The Labute approximate surface area is 112 Å². The van der Waals surface area contributed by atoms with Crippen LogP contribution in [0.15, 0.2) is 30.3 Å². The molecule has 2 N–H and O–H groups in total. The first-order valence-corrected chi connectivity index (χ1v) is 6.45. The van der Waals surface area contributed by atoms with Gasteiger partial charge in [0.05, 0.1) is 12.6 Å². The molecule has 1 heterocycles. The molecule has 0 aromatic heterocycles. The lowest BCUT2D eigenvalue weighted by atomic mass is 9.95. The zero-order valence-electron chi connectivity index (χ0n) is 10.7. The number of nitrogens with zero attached hydrogens (tertiary/aromatic N) is 1. The smallest absolute Gasteiger partial charge is 0.410 e. The average molecular weight is 265 g/mol. The molecule has 2 unspecified atom stereocenters. The second-order valence-electron chi connectivity index (χ2n) is 4.78. The van der Waals surface area contributed by atoms with Gasteiger partial charge in [-0.05, 0) is 12.0 Å². The number of hydrogen-bond donors (Lipinski definition) is 2. The Morgan fingerprint density at radius 1 is 1.37 bits per heavy atom. The minimum atomic E-state index is -0.678. The monoisotopic (exact) mass is 265 g/mol. The van der Waals surface area contributed by atoms with Crippen LogP contribution in [-0.4, -0.2) is 47.0 Å². The van der Waals surface area contributed by atoms with Crippen LogP contribution < -0.4 is 0 Å². The number of carbonyl (C=O) groups is 1. The van der Waals surface area contributed by atoms with Crippen molar-refractivity contribution in [2.24, 2.45) is 5.92 Å². The summed E-state index contributed by atoms with van der Waals surface area (Å²) in [4.78, 5) is 13.3. The maximum absolute atomic E-state index is 11.8. The Hall–Kier alpha value is -1.59. The molecule has 1 fully saturated rings. The number of β-amino-alcohol motifs (C(OH)–C–C–N with tert-alkyl or cyclic N) is 1. The van der Waals surface area contributed by atoms with Crippen molar-refractivity contribution in [3.05, 3.63) is 35.9 Å². The third-order valence-corrected chi connectivity index (χ3v) is 3.42. The van der Waals surface area contributed by atoms with Crippen LogP contribution in [0, 0.1) is 5.92 Å². The van der Waals surface area contributed by atoms with Gasteiger partial charge in [-0.3, -0.25) is 0 Å². The molecule has 2 atom stereocenters. The third-order valence-electron chi connectivity index (χ3n) is 3.42. The van der Waals surface area contributed by atoms with Gasteiger partial charge in [0.1, 0.15) is 6.61 Å². The number of benzene rings is 1. The van der Waals surface area contributed by atoms with Crippen LogP contribution in [0.5, 0.6) is 0 Å². The number of piperidine rings is 1. The second kappa shape index (κ2) is 6.54. The van der Waals surface area contributed by atoms with Crippen molar-refractivity contribution >= 4 is 6.09 Å². The van der Waals surface area contributed by atoms with Gasteiger partial charge in [0.2, 0.25) is 0 Å². The zero-order valence-corrected chi connectivity index (χ0v) is 10.7. The molecule has 0 saturated carbocycles. The molecule has 1 amide bonds. The van der Waals surface area contributed by atoms with E-state index < -0.39 is 12.2 Å². The topological polar surface area (TPSA) is 70.0 Å². The lowest BCUT2D eigenvalue weighted by Crippen LogP contribution is -2.47. The van der Waals surface area contributed by atoms with E-state index in [4.69, 9.17) is 9.84 Å². The number of hydrogen-bond acceptors (Lipinski definition) is 4. The molecular formula is C14H19NO4. The highest BCUT2D eigenvalue weighted by Gasteiger charge is 2.30. The molecule has 5 nitrogen and oxygen atoms in total. The summed E-state index contributed by atoms with van der Waals surface area (Å²) in [7, 11) is 0. The van der Waals surface area contributed by atoms with Crippen LogP contribution in [0.4, 0.5) is 4.79 Å². The van der Waals surface area contributed by atoms with Crippen LogP contribution in [-0.2, 0) is 11.3 Å². The fraction of sp³-hybridized carbons (Fsp3) is 0.500. The normalized spacial score (nSPS) is 23.2. The number of rotatable bonds is 3. The minimum absolute atomic E-state index is 0.0475. The van der Waals surface area contributed by atoms with Gasteiger partial charge in [0.25, 0.3) is 0 Å². The summed E-state index contributed by atoms with van der Waals surface area (Å²) in [6.45, 7) is 0.915.